The lowest BCUT2D eigenvalue weighted by molar-refractivity contribution is -0.119. The van der Waals surface area contributed by atoms with Crippen LogP contribution >= 0.6 is 11.8 Å². The molecule has 2 fully saturated rings. The van der Waals surface area contributed by atoms with Crippen LogP contribution in [0.1, 0.15) is 17.5 Å². The van der Waals surface area contributed by atoms with Gasteiger partial charge in [0.15, 0.2) is 0 Å². The summed E-state index contributed by atoms with van der Waals surface area (Å²) in [5.41, 5.74) is 2.46. The number of morpholine rings is 1. The first-order chi connectivity index (χ1) is 17.1. The molecule has 10 heteroatoms. The number of thioether (sulfide) groups is 1. The molecule has 0 radical (unpaired) electrons. The summed E-state index contributed by atoms with van der Waals surface area (Å²) in [6, 6.07) is 12.3. The van der Waals surface area contributed by atoms with E-state index in [-0.39, 0.29) is 18.9 Å². The van der Waals surface area contributed by atoms with Crippen LogP contribution in [0.3, 0.4) is 0 Å². The predicted octanol–water partition coefficient (Wildman–Crippen LogP) is 3.00. The van der Waals surface area contributed by atoms with Gasteiger partial charge in [0.1, 0.15) is 5.25 Å². The first-order valence-electron chi connectivity index (χ1n) is 11.3. The van der Waals surface area contributed by atoms with Gasteiger partial charge in [0.2, 0.25) is 0 Å². The van der Waals surface area contributed by atoms with Crippen LogP contribution in [0.15, 0.2) is 48.8 Å². The number of carbonyl (C=O) groups is 2. The zero-order valence-corrected chi connectivity index (χ0v) is 19.6. The Hall–Kier alpha value is -3.86. The summed E-state index contributed by atoms with van der Waals surface area (Å²) in [5.74, 6) is -0.333. The van der Waals surface area contributed by atoms with Crippen molar-refractivity contribution in [3.8, 4) is 12.1 Å². The molecule has 1 aromatic heterocycles. The summed E-state index contributed by atoms with van der Waals surface area (Å²) in [4.78, 5) is 37.2. The van der Waals surface area contributed by atoms with Crippen molar-refractivity contribution in [2.45, 2.75) is 17.7 Å². The van der Waals surface area contributed by atoms with Crippen LogP contribution in [0.2, 0.25) is 0 Å². The highest BCUT2D eigenvalue weighted by atomic mass is 32.2. The Morgan fingerprint density at radius 3 is 2.66 bits per heavy atom. The Morgan fingerprint density at radius 2 is 1.89 bits per heavy atom. The van der Waals surface area contributed by atoms with Crippen molar-refractivity contribution < 1.29 is 14.3 Å². The smallest absolute Gasteiger partial charge is 0.332 e. The minimum atomic E-state index is -0.583. The fourth-order valence-electron chi connectivity index (χ4n) is 4.55. The Morgan fingerprint density at radius 1 is 1.11 bits per heavy atom. The van der Waals surface area contributed by atoms with E-state index in [1.807, 2.05) is 18.2 Å². The Labute approximate surface area is 207 Å². The number of urea groups is 1. The van der Waals surface area contributed by atoms with Gasteiger partial charge in [-0.15, -0.1) is 11.8 Å². The number of hydrogen-bond donors (Lipinski definition) is 0. The number of benzene rings is 1. The van der Waals surface area contributed by atoms with Crippen molar-refractivity contribution >= 4 is 40.0 Å². The zero-order chi connectivity index (χ0) is 24.4. The van der Waals surface area contributed by atoms with Crippen LogP contribution in [0, 0.1) is 22.7 Å². The molecule has 3 aliphatic heterocycles. The van der Waals surface area contributed by atoms with Crippen molar-refractivity contribution in [1.29, 1.82) is 10.5 Å². The van der Waals surface area contributed by atoms with E-state index in [2.05, 4.69) is 22.0 Å². The summed E-state index contributed by atoms with van der Waals surface area (Å²) in [6.45, 7) is 2.81. The largest absolute Gasteiger partial charge is 0.378 e. The van der Waals surface area contributed by atoms with Crippen molar-refractivity contribution in [3.63, 3.8) is 0 Å². The molecule has 2 saturated heterocycles. The number of imide groups is 1. The van der Waals surface area contributed by atoms with Crippen molar-refractivity contribution in [1.82, 2.24) is 9.88 Å². The number of amides is 3. The lowest BCUT2D eigenvalue weighted by Gasteiger charge is -2.41. The van der Waals surface area contributed by atoms with Crippen LogP contribution in [0.25, 0.3) is 4.91 Å². The number of fused-ring (bicyclic) bond motifs is 1. The molecule has 3 aliphatic rings. The Bertz CT molecular complexity index is 1280. The summed E-state index contributed by atoms with van der Waals surface area (Å²) in [6.07, 6.45) is 5.25. The van der Waals surface area contributed by atoms with Gasteiger partial charge < -0.3 is 14.5 Å². The van der Waals surface area contributed by atoms with Gasteiger partial charge in [-0.1, -0.05) is 18.2 Å². The molecule has 0 spiro atoms. The maximum absolute atomic E-state index is 13.7. The molecule has 2 unspecified atom stereocenters. The molecule has 0 aliphatic carbocycles. The van der Waals surface area contributed by atoms with Gasteiger partial charge in [0, 0.05) is 30.1 Å². The van der Waals surface area contributed by atoms with E-state index in [1.165, 1.54) is 22.9 Å². The zero-order valence-electron chi connectivity index (χ0n) is 18.8. The molecule has 5 rings (SSSR count). The van der Waals surface area contributed by atoms with Gasteiger partial charge in [-0.3, -0.25) is 9.78 Å². The molecule has 1 aromatic carbocycles. The van der Waals surface area contributed by atoms with Gasteiger partial charge in [0.05, 0.1) is 67.1 Å². The summed E-state index contributed by atoms with van der Waals surface area (Å²) < 4.78 is 5.42. The van der Waals surface area contributed by atoms with E-state index < -0.39 is 17.3 Å². The average molecular weight is 487 g/mol. The number of nitriles is 2. The molecular weight excluding hydrogens is 464 g/mol. The molecule has 0 saturated carbocycles. The molecule has 0 N–H and O–H groups in total. The fraction of sp³-hybridized carbons (Fsp3) is 0.320. The van der Waals surface area contributed by atoms with Crippen LogP contribution in [0.4, 0.5) is 16.2 Å². The third-order valence-electron chi connectivity index (χ3n) is 6.27. The van der Waals surface area contributed by atoms with Gasteiger partial charge in [-0.25, -0.2) is 9.69 Å². The van der Waals surface area contributed by atoms with Crippen LogP contribution in [-0.4, -0.2) is 66.0 Å². The van der Waals surface area contributed by atoms with Crippen molar-refractivity contribution in [3.05, 3.63) is 59.9 Å². The SMILES string of the molecule is N#CCCN1C(=O)N(c2cncc(N3CCOCC3)c2)C(=O)C2SC(c3ccccc3C#N)=CC21. The van der Waals surface area contributed by atoms with E-state index in [9.17, 15) is 20.1 Å². The minimum absolute atomic E-state index is 0.145. The molecule has 0 bridgehead atoms. The predicted molar refractivity (Wildman–Crippen MR) is 131 cm³/mol. The average Bonchev–Trinajstić information content (AvgIpc) is 3.35. The number of hydrogen-bond acceptors (Lipinski definition) is 8. The third-order valence-corrected chi connectivity index (χ3v) is 7.61. The number of nitrogens with zero attached hydrogens (tertiary/aromatic N) is 6. The number of ether oxygens (including phenoxy) is 1. The second-order valence-electron chi connectivity index (χ2n) is 8.28. The molecule has 3 amide bonds. The van der Waals surface area contributed by atoms with E-state index in [1.54, 1.807) is 29.3 Å². The maximum atomic E-state index is 13.7. The lowest BCUT2D eigenvalue weighted by atomic mass is 10.0. The molecule has 35 heavy (non-hydrogen) atoms. The van der Waals surface area contributed by atoms with Gasteiger partial charge in [-0.05, 0) is 18.2 Å². The third kappa shape index (κ3) is 4.23. The highest BCUT2D eigenvalue weighted by molar-refractivity contribution is 8.09. The molecule has 4 heterocycles. The van der Waals surface area contributed by atoms with Crippen molar-refractivity contribution in [2.75, 3.05) is 42.6 Å². The highest BCUT2D eigenvalue weighted by Crippen LogP contribution is 2.46. The quantitative estimate of drug-likeness (QED) is 0.634. The second-order valence-corrected chi connectivity index (χ2v) is 9.46. The summed E-state index contributed by atoms with van der Waals surface area (Å²) in [5, 5.41) is 18.1. The number of aromatic nitrogens is 1. The molecule has 176 valence electrons. The molecule has 9 nitrogen and oxygen atoms in total. The minimum Gasteiger partial charge on any atom is -0.378 e. The number of carbonyl (C=O) groups excluding carboxylic acids is 2. The first-order valence-corrected chi connectivity index (χ1v) is 12.2. The van der Waals surface area contributed by atoms with Crippen LogP contribution in [-0.2, 0) is 9.53 Å². The number of anilines is 2. The highest BCUT2D eigenvalue weighted by Gasteiger charge is 2.49. The van der Waals surface area contributed by atoms with E-state index in [4.69, 9.17) is 4.74 Å². The van der Waals surface area contributed by atoms with E-state index in [0.29, 0.717) is 37.6 Å². The Kier molecular flexibility index (Phi) is 6.41. The van der Waals surface area contributed by atoms with Gasteiger partial charge >= 0.3 is 6.03 Å². The molecule has 2 atom stereocenters. The normalized spacial score (nSPS) is 21.9. The number of rotatable bonds is 5. The molecule has 2 aromatic rings. The monoisotopic (exact) mass is 486 g/mol. The summed E-state index contributed by atoms with van der Waals surface area (Å²) >= 11 is 1.35. The van der Waals surface area contributed by atoms with Crippen LogP contribution < -0.4 is 9.80 Å². The van der Waals surface area contributed by atoms with Gasteiger partial charge in [-0.2, -0.15) is 10.5 Å². The molecular formula is C25H22N6O3S. The van der Waals surface area contributed by atoms with Crippen LogP contribution in [0.5, 0.6) is 0 Å². The number of pyridine rings is 1. The Balaban J connectivity index is 1.50. The van der Waals surface area contributed by atoms with Crippen molar-refractivity contribution in [2.24, 2.45) is 0 Å². The van der Waals surface area contributed by atoms with E-state index in [0.717, 1.165) is 16.2 Å². The lowest BCUT2D eigenvalue weighted by Crippen LogP contribution is -2.62. The van der Waals surface area contributed by atoms with E-state index >= 15 is 0 Å². The fourth-order valence-corrected chi connectivity index (χ4v) is 5.92. The topological polar surface area (TPSA) is 114 Å². The maximum Gasteiger partial charge on any atom is 0.332 e. The first kappa shape index (κ1) is 22.9. The second kappa shape index (κ2) is 9.79. The summed E-state index contributed by atoms with van der Waals surface area (Å²) in [7, 11) is 0. The van der Waals surface area contributed by atoms with Gasteiger partial charge in [0.25, 0.3) is 5.91 Å². The standard InChI is InChI=1S/C25H22N6O3S/c26-6-3-7-30-21-13-22(20-5-2-1-4-17(20)14-27)35-23(21)24(32)31(25(30)33)19-12-18(15-28-16-19)29-8-10-34-11-9-29/h1-2,4-5,12-13,15-16,21,23H,3,7-11H2.